The average Bonchev–Trinajstić information content (AvgIpc) is 3.18. The molecule has 0 spiro atoms. The number of thiophene rings is 1. The second-order valence-electron chi connectivity index (χ2n) is 5.53. The van der Waals surface area contributed by atoms with Crippen molar-refractivity contribution in [3.8, 4) is 0 Å². The van der Waals surface area contributed by atoms with E-state index in [0.29, 0.717) is 0 Å². The number of hydrogen-bond acceptors (Lipinski definition) is 5. The Morgan fingerprint density at radius 1 is 1.35 bits per heavy atom. The Kier molecular flexibility index (Phi) is 6.09. The minimum absolute atomic E-state index is 0.0574. The quantitative estimate of drug-likeness (QED) is 0.698. The maximum atomic E-state index is 12.5. The monoisotopic (exact) mass is 410 g/mol. The van der Waals surface area contributed by atoms with Crippen molar-refractivity contribution >= 4 is 27.3 Å². The second-order valence-corrected chi connectivity index (χ2v) is 8.75. The molecule has 2 aromatic rings. The lowest BCUT2D eigenvalue weighted by atomic mass is 10.4. The summed E-state index contributed by atoms with van der Waals surface area (Å²) < 4.78 is 64.1. The predicted molar refractivity (Wildman–Crippen MR) is 88.9 cm³/mol. The number of nitrogens with zero attached hydrogens (tertiary/aromatic N) is 4. The molecule has 0 bridgehead atoms. The summed E-state index contributed by atoms with van der Waals surface area (Å²) in [5.74, 6) is -0.504. The van der Waals surface area contributed by atoms with E-state index in [4.69, 9.17) is 0 Å². The average molecular weight is 410 g/mol. The number of halogens is 3. The Hall–Kier alpha value is -1.92. The molecule has 2 heterocycles. The maximum Gasteiger partial charge on any atom is 0.406 e. The van der Waals surface area contributed by atoms with E-state index in [1.807, 2.05) is 0 Å². The van der Waals surface area contributed by atoms with Crippen molar-refractivity contribution in [2.75, 3.05) is 20.6 Å². The predicted octanol–water partition coefficient (Wildman–Crippen LogP) is 1.79. The fraction of sp³-hybridized carbons (Fsp3) is 0.429. The van der Waals surface area contributed by atoms with Gasteiger partial charge in [0.15, 0.2) is 0 Å². The van der Waals surface area contributed by atoms with Crippen molar-refractivity contribution in [3.05, 3.63) is 35.7 Å². The Labute approximate surface area is 152 Å². The molecule has 26 heavy (non-hydrogen) atoms. The third kappa shape index (κ3) is 5.05. The van der Waals surface area contributed by atoms with Crippen molar-refractivity contribution in [2.45, 2.75) is 23.5 Å². The molecule has 0 fully saturated rings. The molecule has 0 aliphatic rings. The van der Waals surface area contributed by atoms with Crippen LogP contribution < -0.4 is 0 Å². The van der Waals surface area contributed by atoms with E-state index in [-0.39, 0.29) is 16.6 Å². The first-order valence-corrected chi connectivity index (χ1v) is 9.63. The summed E-state index contributed by atoms with van der Waals surface area (Å²) in [4.78, 5) is 17.2. The van der Waals surface area contributed by atoms with Crippen molar-refractivity contribution in [3.63, 3.8) is 0 Å². The number of alkyl halides is 3. The zero-order valence-electron chi connectivity index (χ0n) is 14.0. The van der Waals surface area contributed by atoms with Gasteiger partial charge in [-0.2, -0.15) is 17.5 Å². The van der Waals surface area contributed by atoms with Crippen LogP contribution in [0.1, 0.15) is 5.82 Å². The number of likely N-dealkylation sites (N-methyl/N-ethyl adjacent to an activating group) is 2. The number of sulfonamides is 1. The van der Waals surface area contributed by atoms with Crippen LogP contribution in [0.3, 0.4) is 0 Å². The first-order valence-electron chi connectivity index (χ1n) is 7.31. The molecule has 0 radical (unpaired) electrons. The van der Waals surface area contributed by atoms with E-state index >= 15 is 0 Å². The molecule has 0 saturated heterocycles. The summed E-state index contributed by atoms with van der Waals surface area (Å²) in [6.45, 7) is -1.82. The largest absolute Gasteiger partial charge is 0.406 e. The van der Waals surface area contributed by atoms with Gasteiger partial charge in [0.1, 0.15) is 16.6 Å². The molecule has 0 aromatic carbocycles. The van der Waals surface area contributed by atoms with E-state index in [0.717, 1.165) is 25.1 Å². The van der Waals surface area contributed by atoms with E-state index in [2.05, 4.69) is 4.98 Å². The van der Waals surface area contributed by atoms with Gasteiger partial charge in [-0.15, -0.1) is 11.3 Å². The van der Waals surface area contributed by atoms with Crippen LogP contribution >= 0.6 is 11.3 Å². The molecule has 0 unspecified atom stereocenters. The fourth-order valence-corrected chi connectivity index (χ4v) is 4.41. The molecule has 12 heteroatoms. The fourth-order valence-electron chi connectivity index (χ4n) is 2.09. The molecular weight excluding hydrogens is 393 g/mol. The minimum Gasteiger partial charge on any atom is -0.337 e. The van der Waals surface area contributed by atoms with Crippen LogP contribution in [0.4, 0.5) is 13.2 Å². The Balaban J connectivity index is 2.01. The van der Waals surface area contributed by atoms with Crippen LogP contribution in [0.2, 0.25) is 0 Å². The van der Waals surface area contributed by atoms with Crippen molar-refractivity contribution in [1.29, 1.82) is 0 Å². The molecule has 0 N–H and O–H groups in total. The van der Waals surface area contributed by atoms with Crippen molar-refractivity contribution in [2.24, 2.45) is 0 Å². The number of amides is 1. The normalized spacial score (nSPS) is 12.5. The molecule has 0 saturated carbocycles. The number of carbonyl (C=O) groups is 1. The van der Waals surface area contributed by atoms with Crippen molar-refractivity contribution in [1.82, 2.24) is 18.8 Å². The van der Waals surface area contributed by atoms with Gasteiger partial charge < -0.3 is 9.47 Å². The first-order chi connectivity index (χ1) is 12.0. The van der Waals surface area contributed by atoms with Gasteiger partial charge in [0.05, 0.1) is 13.1 Å². The summed E-state index contributed by atoms with van der Waals surface area (Å²) in [6, 6.07) is 3.01. The van der Waals surface area contributed by atoms with Crippen LogP contribution in [-0.2, 0) is 27.9 Å². The molecule has 0 aliphatic carbocycles. The summed E-state index contributed by atoms with van der Waals surface area (Å²) in [6.07, 6.45) is -2.02. The summed E-state index contributed by atoms with van der Waals surface area (Å²) in [5.41, 5.74) is 0. The van der Waals surface area contributed by atoms with Gasteiger partial charge >= 0.3 is 6.18 Å². The van der Waals surface area contributed by atoms with Gasteiger partial charge in [0.25, 0.3) is 10.0 Å². The molecule has 2 aromatic heterocycles. The molecular formula is C14H17F3N4O3S2. The van der Waals surface area contributed by atoms with Crippen molar-refractivity contribution < 1.29 is 26.4 Å². The van der Waals surface area contributed by atoms with Crippen LogP contribution in [0, 0.1) is 0 Å². The van der Waals surface area contributed by atoms with Gasteiger partial charge in [-0.05, 0) is 11.4 Å². The number of imidazole rings is 1. The first kappa shape index (κ1) is 20.4. The van der Waals surface area contributed by atoms with Gasteiger partial charge in [-0.25, -0.2) is 13.4 Å². The lowest BCUT2D eigenvalue weighted by Gasteiger charge is -2.21. The maximum absolute atomic E-state index is 12.5. The standard InChI is InChI=1S/C14H17F3N4O3S2/c1-19(8-11-18-5-6-21(11)10-14(15,16)17)12(22)9-20(2)26(23,24)13-4-3-7-25-13/h3-7H,8-10H2,1-2H3. The highest BCUT2D eigenvalue weighted by atomic mass is 32.2. The van der Waals surface area contributed by atoms with E-state index in [9.17, 15) is 26.4 Å². The summed E-state index contributed by atoms with van der Waals surface area (Å²) >= 11 is 1.03. The van der Waals surface area contributed by atoms with E-state index in [1.165, 1.54) is 32.6 Å². The highest BCUT2D eigenvalue weighted by Gasteiger charge is 2.29. The third-order valence-corrected chi connectivity index (χ3v) is 6.65. The molecule has 1 amide bonds. The molecule has 144 valence electrons. The van der Waals surface area contributed by atoms with E-state index < -0.39 is 35.2 Å². The van der Waals surface area contributed by atoms with Crippen LogP contribution in [-0.4, -0.2) is 59.9 Å². The highest BCUT2D eigenvalue weighted by molar-refractivity contribution is 7.91. The third-order valence-electron chi connectivity index (χ3n) is 3.47. The SMILES string of the molecule is CN(Cc1nccn1CC(F)(F)F)C(=O)CN(C)S(=O)(=O)c1cccs1. The second kappa shape index (κ2) is 7.76. The summed E-state index contributed by atoms with van der Waals surface area (Å²) in [5, 5.41) is 1.61. The Morgan fingerprint density at radius 3 is 2.62 bits per heavy atom. The molecule has 0 aliphatic heterocycles. The number of rotatable bonds is 7. The van der Waals surface area contributed by atoms with Gasteiger partial charge in [0.2, 0.25) is 5.91 Å². The Bertz CT molecular complexity index is 847. The van der Waals surface area contributed by atoms with Gasteiger partial charge in [-0.1, -0.05) is 6.07 Å². The van der Waals surface area contributed by atoms with Gasteiger partial charge in [0, 0.05) is 26.5 Å². The lowest BCUT2D eigenvalue weighted by molar-refractivity contribution is -0.141. The van der Waals surface area contributed by atoms with E-state index in [1.54, 1.807) is 11.4 Å². The molecule has 7 nitrogen and oxygen atoms in total. The number of aromatic nitrogens is 2. The number of hydrogen-bond donors (Lipinski definition) is 0. The van der Waals surface area contributed by atoms with Crippen LogP contribution in [0.25, 0.3) is 0 Å². The summed E-state index contributed by atoms with van der Waals surface area (Å²) in [7, 11) is -1.14. The Morgan fingerprint density at radius 2 is 2.04 bits per heavy atom. The molecule has 2 rings (SSSR count). The smallest absolute Gasteiger partial charge is 0.337 e. The topological polar surface area (TPSA) is 75.5 Å². The minimum atomic E-state index is -4.41. The highest BCUT2D eigenvalue weighted by Crippen LogP contribution is 2.20. The zero-order valence-corrected chi connectivity index (χ0v) is 15.6. The zero-order chi connectivity index (χ0) is 19.5. The van der Waals surface area contributed by atoms with Crippen LogP contribution in [0.5, 0.6) is 0 Å². The van der Waals surface area contributed by atoms with Gasteiger partial charge in [-0.3, -0.25) is 4.79 Å². The molecule has 0 atom stereocenters. The number of carbonyl (C=O) groups excluding carboxylic acids is 1. The lowest BCUT2D eigenvalue weighted by Crippen LogP contribution is -2.39. The van der Waals surface area contributed by atoms with Crippen LogP contribution in [0.15, 0.2) is 34.1 Å².